The fourth-order valence-corrected chi connectivity index (χ4v) is 1.90. The first-order valence-corrected chi connectivity index (χ1v) is 6.26. The van der Waals surface area contributed by atoms with E-state index < -0.39 is 0 Å². The van der Waals surface area contributed by atoms with Crippen LogP contribution in [0.2, 0.25) is 5.02 Å². The van der Waals surface area contributed by atoms with Crippen LogP contribution in [0.3, 0.4) is 0 Å². The number of carbonyl (C=O) groups excluding carboxylic acids is 1. The van der Waals surface area contributed by atoms with Crippen LogP contribution >= 0.6 is 11.6 Å². The minimum Gasteiger partial charge on any atom is -0.508 e. The number of benzene rings is 2. The van der Waals surface area contributed by atoms with Crippen LogP contribution in [0.4, 0.5) is 0 Å². The number of hydrogen-bond acceptors (Lipinski definition) is 2. The summed E-state index contributed by atoms with van der Waals surface area (Å²) in [5, 5.41) is 12.5. The molecule has 0 bridgehead atoms. The number of aryl methyl sites for hydroxylation is 1. The van der Waals surface area contributed by atoms with Gasteiger partial charge in [-0.3, -0.25) is 4.79 Å². The molecule has 0 aliphatic heterocycles. The van der Waals surface area contributed by atoms with Gasteiger partial charge in [0.1, 0.15) is 5.75 Å². The van der Waals surface area contributed by atoms with Crippen molar-refractivity contribution in [2.45, 2.75) is 13.5 Å². The monoisotopic (exact) mass is 275 g/mol. The van der Waals surface area contributed by atoms with Gasteiger partial charge < -0.3 is 10.4 Å². The fourth-order valence-electron chi connectivity index (χ4n) is 1.73. The molecule has 0 radical (unpaired) electrons. The minimum absolute atomic E-state index is 0.159. The highest BCUT2D eigenvalue weighted by atomic mass is 35.5. The number of carbonyl (C=O) groups is 1. The Labute approximate surface area is 116 Å². The standard InChI is InChI=1S/C15H14ClNO2/c1-10-2-5-12(16)8-14(10)15(19)17-9-11-3-6-13(18)7-4-11/h2-8,18H,9H2,1H3,(H,17,19). The lowest BCUT2D eigenvalue weighted by Gasteiger charge is -2.08. The maximum absolute atomic E-state index is 12.0. The lowest BCUT2D eigenvalue weighted by molar-refractivity contribution is 0.0950. The Morgan fingerprint density at radius 2 is 1.89 bits per heavy atom. The van der Waals surface area contributed by atoms with Crippen molar-refractivity contribution in [2.75, 3.05) is 0 Å². The third kappa shape index (κ3) is 3.48. The lowest BCUT2D eigenvalue weighted by atomic mass is 10.1. The zero-order valence-corrected chi connectivity index (χ0v) is 11.2. The van der Waals surface area contributed by atoms with Gasteiger partial charge in [-0.05, 0) is 42.3 Å². The molecule has 2 rings (SSSR count). The second kappa shape index (κ2) is 5.76. The highest BCUT2D eigenvalue weighted by Crippen LogP contribution is 2.15. The second-order valence-corrected chi connectivity index (χ2v) is 4.74. The molecular formula is C15H14ClNO2. The number of rotatable bonds is 3. The van der Waals surface area contributed by atoms with Gasteiger partial charge in [0.2, 0.25) is 0 Å². The van der Waals surface area contributed by atoms with Gasteiger partial charge in [-0.25, -0.2) is 0 Å². The smallest absolute Gasteiger partial charge is 0.251 e. The van der Waals surface area contributed by atoms with Crippen molar-refractivity contribution in [3.8, 4) is 5.75 Å². The van der Waals surface area contributed by atoms with Crippen LogP contribution in [-0.2, 0) is 6.54 Å². The zero-order valence-electron chi connectivity index (χ0n) is 10.5. The van der Waals surface area contributed by atoms with Crippen molar-refractivity contribution >= 4 is 17.5 Å². The van der Waals surface area contributed by atoms with Crippen LogP contribution in [0.25, 0.3) is 0 Å². The summed E-state index contributed by atoms with van der Waals surface area (Å²) in [6.45, 7) is 2.27. The third-order valence-corrected chi connectivity index (χ3v) is 3.07. The van der Waals surface area contributed by atoms with E-state index in [0.29, 0.717) is 17.1 Å². The molecule has 0 spiro atoms. The van der Waals surface area contributed by atoms with Crippen LogP contribution in [0.15, 0.2) is 42.5 Å². The summed E-state index contributed by atoms with van der Waals surface area (Å²) in [5.41, 5.74) is 2.38. The largest absolute Gasteiger partial charge is 0.508 e. The van der Waals surface area contributed by atoms with E-state index in [1.807, 2.05) is 13.0 Å². The summed E-state index contributed by atoms with van der Waals surface area (Å²) in [7, 11) is 0. The highest BCUT2D eigenvalue weighted by molar-refractivity contribution is 6.31. The molecule has 0 aromatic heterocycles. The van der Waals surface area contributed by atoms with Crippen LogP contribution in [0.1, 0.15) is 21.5 Å². The number of hydrogen-bond donors (Lipinski definition) is 2. The first-order valence-electron chi connectivity index (χ1n) is 5.88. The molecule has 0 aliphatic rings. The Bertz CT molecular complexity index is 594. The number of nitrogens with one attached hydrogen (secondary N) is 1. The summed E-state index contributed by atoms with van der Waals surface area (Å²) in [4.78, 5) is 12.0. The van der Waals surface area contributed by atoms with Crippen molar-refractivity contribution in [1.82, 2.24) is 5.32 Å². The van der Waals surface area contributed by atoms with Gasteiger partial charge in [-0.1, -0.05) is 29.8 Å². The van der Waals surface area contributed by atoms with Gasteiger partial charge in [0.15, 0.2) is 0 Å². The Hall–Kier alpha value is -2.00. The molecule has 0 saturated carbocycles. The molecule has 0 heterocycles. The van der Waals surface area contributed by atoms with E-state index in [2.05, 4.69) is 5.32 Å². The van der Waals surface area contributed by atoms with Crippen molar-refractivity contribution in [3.63, 3.8) is 0 Å². The van der Waals surface area contributed by atoms with Crippen LogP contribution < -0.4 is 5.32 Å². The fraction of sp³-hybridized carbons (Fsp3) is 0.133. The third-order valence-electron chi connectivity index (χ3n) is 2.83. The van der Waals surface area contributed by atoms with E-state index in [1.54, 1.807) is 36.4 Å². The summed E-state index contributed by atoms with van der Waals surface area (Å²) in [6.07, 6.45) is 0. The minimum atomic E-state index is -0.159. The maximum Gasteiger partial charge on any atom is 0.251 e. The molecule has 19 heavy (non-hydrogen) atoms. The molecule has 2 N–H and O–H groups in total. The molecule has 3 nitrogen and oxygen atoms in total. The number of phenols is 1. The van der Waals surface area contributed by atoms with Gasteiger partial charge in [-0.15, -0.1) is 0 Å². The summed E-state index contributed by atoms with van der Waals surface area (Å²) < 4.78 is 0. The molecule has 4 heteroatoms. The first-order chi connectivity index (χ1) is 9.06. The summed E-state index contributed by atoms with van der Waals surface area (Å²) >= 11 is 5.89. The number of aromatic hydroxyl groups is 1. The topological polar surface area (TPSA) is 49.3 Å². The Balaban J connectivity index is 2.05. The van der Waals surface area contributed by atoms with E-state index in [9.17, 15) is 9.90 Å². The molecule has 1 amide bonds. The SMILES string of the molecule is Cc1ccc(Cl)cc1C(=O)NCc1ccc(O)cc1. The van der Waals surface area contributed by atoms with Crippen molar-refractivity contribution in [1.29, 1.82) is 0 Å². The predicted molar refractivity (Wildman–Crippen MR) is 75.5 cm³/mol. The van der Waals surface area contributed by atoms with Gasteiger partial charge in [0.05, 0.1) is 0 Å². The van der Waals surface area contributed by atoms with E-state index in [1.165, 1.54) is 0 Å². The molecule has 0 saturated heterocycles. The highest BCUT2D eigenvalue weighted by Gasteiger charge is 2.09. The summed E-state index contributed by atoms with van der Waals surface area (Å²) in [6, 6.07) is 11.9. The Morgan fingerprint density at radius 1 is 1.21 bits per heavy atom. The predicted octanol–water partition coefficient (Wildman–Crippen LogP) is 3.28. The number of amides is 1. The average molecular weight is 276 g/mol. The van der Waals surface area contributed by atoms with Crippen molar-refractivity contribution in [3.05, 3.63) is 64.2 Å². The van der Waals surface area contributed by atoms with Crippen molar-refractivity contribution in [2.24, 2.45) is 0 Å². The van der Waals surface area contributed by atoms with E-state index in [-0.39, 0.29) is 11.7 Å². The molecule has 0 fully saturated rings. The van der Waals surface area contributed by atoms with Gasteiger partial charge in [0, 0.05) is 17.1 Å². The first kappa shape index (κ1) is 13.4. The second-order valence-electron chi connectivity index (χ2n) is 4.31. The normalized spacial score (nSPS) is 10.2. The Kier molecular flexibility index (Phi) is 4.07. The molecule has 0 aliphatic carbocycles. The van der Waals surface area contributed by atoms with E-state index in [0.717, 1.165) is 11.1 Å². The number of phenolic OH excluding ortho intramolecular Hbond substituents is 1. The molecular weight excluding hydrogens is 262 g/mol. The lowest BCUT2D eigenvalue weighted by Crippen LogP contribution is -2.23. The molecule has 98 valence electrons. The average Bonchev–Trinajstić information content (AvgIpc) is 2.40. The molecule has 2 aromatic carbocycles. The number of halogens is 1. The van der Waals surface area contributed by atoms with Gasteiger partial charge in [-0.2, -0.15) is 0 Å². The summed E-state index contributed by atoms with van der Waals surface area (Å²) in [5.74, 6) is 0.0498. The van der Waals surface area contributed by atoms with Crippen molar-refractivity contribution < 1.29 is 9.90 Å². The maximum atomic E-state index is 12.0. The van der Waals surface area contributed by atoms with Crippen LogP contribution in [0, 0.1) is 6.92 Å². The van der Waals surface area contributed by atoms with E-state index in [4.69, 9.17) is 11.6 Å². The molecule has 0 atom stereocenters. The Morgan fingerprint density at radius 3 is 2.58 bits per heavy atom. The van der Waals surface area contributed by atoms with E-state index >= 15 is 0 Å². The molecule has 2 aromatic rings. The van der Waals surface area contributed by atoms with Crippen LogP contribution in [0.5, 0.6) is 5.75 Å². The molecule has 0 unspecified atom stereocenters. The van der Waals surface area contributed by atoms with Crippen LogP contribution in [-0.4, -0.2) is 11.0 Å². The van der Waals surface area contributed by atoms with Gasteiger partial charge >= 0.3 is 0 Å². The quantitative estimate of drug-likeness (QED) is 0.903. The van der Waals surface area contributed by atoms with Gasteiger partial charge in [0.25, 0.3) is 5.91 Å². The zero-order chi connectivity index (χ0) is 13.8.